The predicted molar refractivity (Wildman–Crippen MR) is 143 cm³/mol. The molecule has 1 saturated carbocycles. The van der Waals surface area contributed by atoms with Crippen LogP contribution in [0.25, 0.3) is 5.57 Å². The maximum atomic E-state index is 14.0. The first kappa shape index (κ1) is 27.4. The molecule has 1 aromatic carbocycles. The summed E-state index contributed by atoms with van der Waals surface area (Å²) in [7, 11) is -3.98. The molecule has 4 heterocycles. The fraction of sp³-hybridized carbons (Fsp3) is 0.375. The van der Waals surface area contributed by atoms with Crippen LogP contribution in [-0.2, 0) is 10.2 Å². The molecule has 2 aliphatic heterocycles. The Morgan fingerprint density at radius 1 is 1.27 bits per heavy atom. The summed E-state index contributed by atoms with van der Waals surface area (Å²) in [4.78, 5) is 11.1. The van der Waals surface area contributed by atoms with Gasteiger partial charge in [-0.25, -0.2) is 14.1 Å². The second-order valence-electron chi connectivity index (χ2n) is 9.86. The summed E-state index contributed by atoms with van der Waals surface area (Å²) in [5, 5.41) is 16.5. The van der Waals surface area contributed by atoms with Gasteiger partial charge in [-0.2, -0.15) is 31.7 Å². The number of aliphatic imine (C=N–C) groups is 1. The molecule has 0 bridgehead atoms. The molecule has 0 radical (unpaired) electrons. The van der Waals surface area contributed by atoms with Crippen molar-refractivity contribution in [3.63, 3.8) is 0 Å². The van der Waals surface area contributed by atoms with Gasteiger partial charge < -0.3 is 10.0 Å². The van der Waals surface area contributed by atoms with E-state index in [-0.39, 0.29) is 30.2 Å². The zero-order valence-corrected chi connectivity index (χ0v) is 23.0. The van der Waals surface area contributed by atoms with E-state index < -0.39 is 40.3 Å². The number of thiazole rings is 1. The lowest BCUT2D eigenvalue weighted by atomic mass is 9.92. The van der Waals surface area contributed by atoms with Crippen molar-refractivity contribution in [2.45, 2.75) is 43.5 Å². The summed E-state index contributed by atoms with van der Waals surface area (Å²) in [5.41, 5.74) is 0.640. The third-order valence-corrected chi connectivity index (χ3v) is 9.23. The van der Waals surface area contributed by atoms with E-state index in [0.717, 1.165) is 12.3 Å². The minimum Gasteiger partial charge on any atom is -0.389 e. The molecule has 0 spiro atoms. The molecule has 1 saturated heterocycles. The summed E-state index contributed by atoms with van der Waals surface area (Å²) >= 11 is 7.78. The predicted octanol–water partition coefficient (Wildman–Crippen LogP) is 3.46. The van der Waals surface area contributed by atoms with Crippen molar-refractivity contribution in [3.05, 3.63) is 74.8 Å². The second kappa shape index (κ2) is 10.2. The molecular formula is C24H23ClF3N7O3S2. The fourth-order valence-corrected chi connectivity index (χ4v) is 6.89. The van der Waals surface area contributed by atoms with Crippen LogP contribution in [0.3, 0.4) is 0 Å². The Morgan fingerprint density at radius 3 is 2.73 bits per heavy atom. The topological polar surface area (TPSA) is 125 Å². The van der Waals surface area contributed by atoms with Gasteiger partial charge in [0.05, 0.1) is 11.3 Å². The van der Waals surface area contributed by atoms with Crippen LogP contribution in [0, 0.1) is 5.82 Å². The lowest BCUT2D eigenvalue weighted by Gasteiger charge is -2.32. The molecule has 2 fully saturated rings. The van der Waals surface area contributed by atoms with Gasteiger partial charge in [0.15, 0.2) is 10.8 Å². The van der Waals surface area contributed by atoms with Gasteiger partial charge in [-0.15, -0.1) is 11.3 Å². The molecule has 2 atom stereocenters. The number of rotatable bonds is 9. The molecule has 16 heteroatoms. The third-order valence-electron chi connectivity index (χ3n) is 6.97. The van der Waals surface area contributed by atoms with Gasteiger partial charge >= 0.3 is 6.55 Å². The molecule has 3 aliphatic rings. The minimum atomic E-state index is -3.98. The smallest absolute Gasteiger partial charge is 0.333 e. The quantitative estimate of drug-likeness (QED) is 0.340. The van der Waals surface area contributed by atoms with Crippen LogP contribution in [0.4, 0.5) is 13.2 Å². The SMILES string of the molecule is O=S(=O)(NCC1(O)CC1)N[C@H]1CC2=C(c3ccn(C(F)F)n3)[C@H](c3ccc(F)cc3Cl)N=C(c3nccs3)N2C1. The van der Waals surface area contributed by atoms with Gasteiger partial charge in [0.1, 0.15) is 11.9 Å². The Kier molecular flexibility index (Phi) is 6.99. The second-order valence-corrected chi connectivity index (χ2v) is 12.7. The highest BCUT2D eigenvalue weighted by Crippen LogP contribution is 2.46. The van der Waals surface area contributed by atoms with Crippen molar-refractivity contribution >= 4 is 44.6 Å². The Hall–Kier alpha value is -2.82. The van der Waals surface area contributed by atoms with E-state index in [0.29, 0.717) is 45.2 Å². The summed E-state index contributed by atoms with van der Waals surface area (Å²) in [5.74, 6) is -0.112. The van der Waals surface area contributed by atoms with Crippen LogP contribution >= 0.6 is 22.9 Å². The number of nitrogens with zero attached hydrogens (tertiary/aromatic N) is 5. The van der Waals surface area contributed by atoms with E-state index in [1.807, 2.05) is 0 Å². The lowest BCUT2D eigenvalue weighted by molar-refractivity contribution is 0.0564. The molecule has 212 valence electrons. The van der Waals surface area contributed by atoms with Crippen molar-refractivity contribution in [1.82, 2.24) is 29.1 Å². The molecule has 0 unspecified atom stereocenters. The number of amidine groups is 1. The van der Waals surface area contributed by atoms with Crippen molar-refractivity contribution in [3.8, 4) is 0 Å². The first-order valence-corrected chi connectivity index (χ1v) is 15.0. The Morgan fingerprint density at radius 2 is 2.08 bits per heavy atom. The summed E-state index contributed by atoms with van der Waals surface area (Å²) < 4.78 is 72.1. The largest absolute Gasteiger partial charge is 0.389 e. The first-order valence-electron chi connectivity index (χ1n) is 12.3. The average Bonchev–Trinajstić information content (AvgIpc) is 3.35. The van der Waals surface area contributed by atoms with E-state index in [1.165, 1.54) is 29.5 Å². The lowest BCUT2D eigenvalue weighted by Crippen LogP contribution is -2.46. The monoisotopic (exact) mass is 613 g/mol. The Bertz CT molecular complexity index is 1610. The standard InChI is InChI=1S/C24H23ClF3N7O3S2/c25-16-9-13(26)1-2-15(16)20-19(17-3-7-35(32-17)23(27)28)18-10-14(33-40(37,38)30-12-24(36)4-5-24)11-34(18)21(31-20)22-29-6-8-39-22/h1-3,6-9,14,20,23,30,33,36H,4-5,10-12H2/t14-,20-/m0/s1. The van der Waals surface area contributed by atoms with Crippen LogP contribution in [0.5, 0.6) is 0 Å². The van der Waals surface area contributed by atoms with E-state index in [2.05, 4.69) is 19.5 Å². The number of hydrogen-bond donors (Lipinski definition) is 3. The molecule has 1 aliphatic carbocycles. The third kappa shape index (κ3) is 5.41. The highest BCUT2D eigenvalue weighted by Gasteiger charge is 2.43. The van der Waals surface area contributed by atoms with Gasteiger partial charge in [-0.05, 0) is 31.0 Å². The molecule has 6 rings (SSSR count). The number of fused-ring (bicyclic) bond motifs is 1. The number of aromatic nitrogens is 3. The normalized spacial score (nSPS) is 22.1. The molecular weight excluding hydrogens is 591 g/mol. The van der Waals surface area contributed by atoms with E-state index >= 15 is 0 Å². The molecule has 3 aromatic rings. The van der Waals surface area contributed by atoms with Crippen LogP contribution in [0.1, 0.15) is 48.1 Å². The number of hydrogen-bond acceptors (Lipinski definition) is 8. The number of halogens is 4. The van der Waals surface area contributed by atoms with E-state index in [4.69, 9.17) is 16.6 Å². The number of nitrogens with one attached hydrogen (secondary N) is 2. The number of benzene rings is 1. The molecule has 40 heavy (non-hydrogen) atoms. The zero-order chi connectivity index (χ0) is 28.2. The van der Waals surface area contributed by atoms with Gasteiger partial charge in [-0.3, -0.25) is 4.99 Å². The van der Waals surface area contributed by atoms with E-state index in [9.17, 15) is 26.7 Å². The molecule has 2 aromatic heterocycles. The average molecular weight is 614 g/mol. The first-order chi connectivity index (χ1) is 19.0. The number of alkyl halides is 2. The van der Waals surface area contributed by atoms with Crippen molar-refractivity contribution in [2.24, 2.45) is 4.99 Å². The van der Waals surface area contributed by atoms with Crippen molar-refractivity contribution in [2.75, 3.05) is 13.1 Å². The fourth-order valence-electron chi connectivity index (χ4n) is 4.84. The summed E-state index contributed by atoms with van der Waals surface area (Å²) in [6.07, 6.45) is 3.96. The van der Waals surface area contributed by atoms with Gasteiger partial charge in [0, 0.05) is 65.2 Å². The van der Waals surface area contributed by atoms with Gasteiger partial charge in [0.2, 0.25) is 0 Å². The van der Waals surface area contributed by atoms with Gasteiger partial charge in [0.25, 0.3) is 10.2 Å². The van der Waals surface area contributed by atoms with Crippen molar-refractivity contribution in [1.29, 1.82) is 0 Å². The maximum absolute atomic E-state index is 14.0. The van der Waals surface area contributed by atoms with Crippen molar-refractivity contribution < 1.29 is 26.7 Å². The molecule has 0 amide bonds. The van der Waals surface area contributed by atoms with Crippen LogP contribution in [-0.4, -0.2) is 63.8 Å². The van der Waals surface area contributed by atoms with Crippen LogP contribution in [0.2, 0.25) is 5.02 Å². The van der Waals surface area contributed by atoms with E-state index in [1.54, 1.807) is 16.5 Å². The summed E-state index contributed by atoms with van der Waals surface area (Å²) in [6, 6.07) is 3.78. The molecule has 10 nitrogen and oxygen atoms in total. The Balaban J connectivity index is 1.44. The van der Waals surface area contributed by atoms with Gasteiger partial charge in [-0.1, -0.05) is 17.7 Å². The number of aliphatic hydroxyl groups is 1. The minimum absolute atomic E-state index is 0.0875. The zero-order valence-electron chi connectivity index (χ0n) is 20.6. The van der Waals surface area contributed by atoms with Crippen LogP contribution < -0.4 is 9.44 Å². The Labute approximate surface area is 236 Å². The summed E-state index contributed by atoms with van der Waals surface area (Å²) in [6.45, 7) is -2.81. The highest BCUT2D eigenvalue weighted by molar-refractivity contribution is 7.87. The highest BCUT2D eigenvalue weighted by atomic mass is 35.5. The van der Waals surface area contributed by atoms with Crippen LogP contribution in [0.15, 0.2) is 52.7 Å². The maximum Gasteiger partial charge on any atom is 0.333 e. The molecule has 3 N–H and O–H groups in total.